The SMILES string of the molecule is CCOc1ccc(-n2c(SCc3ccc(Br)cc3)nc3c([nH]c4ccccc43)c2=O)cc1. The van der Waals surface area contributed by atoms with Gasteiger partial charge in [-0.05, 0) is 55.0 Å². The molecule has 0 saturated carbocycles. The van der Waals surface area contributed by atoms with Crippen molar-refractivity contribution in [1.82, 2.24) is 14.5 Å². The molecule has 2 heterocycles. The van der Waals surface area contributed by atoms with Gasteiger partial charge >= 0.3 is 0 Å². The van der Waals surface area contributed by atoms with Gasteiger partial charge < -0.3 is 9.72 Å². The van der Waals surface area contributed by atoms with Gasteiger partial charge in [0.2, 0.25) is 0 Å². The summed E-state index contributed by atoms with van der Waals surface area (Å²) in [6, 6.07) is 23.6. The number of hydrogen-bond acceptors (Lipinski definition) is 4. The number of nitrogens with zero attached hydrogens (tertiary/aromatic N) is 2. The molecule has 2 aromatic heterocycles. The van der Waals surface area contributed by atoms with Gasteiger partial charge in [0.25, 0.3) is 5.56 Å². The summed E-state index contributed by atoms with van der Waals surface area (Å²) in [7, 11) is 0. The summed E-state index contributed by atoms with van der Waals surface area (Å²) in [5, 5.41) is 1.60. The molecule has 1 N–H and O–H groups in total. The van der Waals surface area contributed by atoms with E-state index in [1.54, 1.807) is 16.3 Å². The number of halogens is 1. The van der Waals surface area contributed by atoms with Crippen LogP contribution < -0.4 is 10.3 Å². The number of benzene rings is 3. The third kappa shape index (κ3) is 3.94. The Kier molecular flexibility index (Phi) is 5.76. The van der Waals surface area contributed by atoms with Gasteiger partial charge in [-0.1, -0.05) is 58.0 Å². The fourth-order valence-corrected chi connectivity index (χ4v) is 4.88. The van der Waals surface area contributed by atoms with Crippen molar-refractivity contribution < 1.29 is 4.74 Å². The molecule has 5 aromatic rings. The zero-order valence-electron chi connectivity index (χ0n) is 17.3. The van der Waals surface area contributed by atoms with E-state index in [4.69, 9.17) is 9.72 Å². The van der Waals surface area contributed by atoms with E-state index in [1.807, 2.05) is 67.6 Å². The number of hydrogen-bond donors (Lipinski definition) is 1. The first kappa shape index (κ1) is 20.8. The van der Waals surface area contributed by atoms with E-state index in [2.05, 4.69) is 33.0 Å². The molecule has 32 heavy (non-hydrogen) atoms. The maximum Gasteiger partial charge on any atom is 0.283 e. The number of rotatable bonds is 6. The number of nitrogens with one attached hydrogen (secondary N) is 1. The summed E-state index contributed by atoms with van der Waals surface area (Å²) in [4.78, 5) is 21.8. The average molecular weight is 506 g/mol. The molecule has 0 spiro atoms. The van der Waals surface area contributed by atoms with Gasteiger partial charge in [-0.3, -0.25) is 9.36 Å². The molecular weight excluding hydrogens is 486 g/mol. The van der Waals surface area contributed by atoms with Gasteiger partial charge in [0.1, 0.15) is 16.8 Å². The van der Waals surface area contributed by atoms with Crippen molar-refractivity contribution >= 4 is 49.6 Å². The minimum atomic E-state index is -0.117. The lowest BCUT2D eigenvalue weighted by atomic mass is 10.2. The Hall–Kier alpha value is -3.03. The Morgan fingerprint density at radius 1 is 1.03 bits per heavy atom. The highest BCUT2D eigenvalue weighted by molar-refractivity contribution is 9.10. The topological polar surface area (TPSA) is 59.9 Å². The monoisotopic (exact) mass is 505 g/mol. The number of thioether (sulfide) groups is 1. The Morgan fingerprint density at radius 2 is 1.78 bits per heavy atom. The van der Waals surface area contributed by atoms with Crippen LogP contribution in [0.25, 0.3) is 27.6 Å². The normalized spacial score (nSPS) is 11.3. The lowest BCUT2D eigenvalue weighted by Crippen LogP contribution is -2.21. The number of aromatic nitrogens is 3. The highest BCUT2D eigenvalue weighted by Crippen LogP contribution is 2.29. The van der Waals surface area contributed by atoms with Crippen LogP contribution in [0.5, 0.6) is 5.75 Å². The zero-order valence-corrected chi connectivity index (χ0v) is 19.7. The first-order valence-electron chi connectivity index (χ1n) is 10.3. The Morgan fingerprint density at radius 3 is 2.53 bits per heavy atom. The molecule has 0 saturated heterocycles. The van der Waals surface area contributed by atoms with E-state index >= 15 is 0 Å². The van der Waals surface area contributed by atoms with Crippen molar-refractivity contribution in [3.63, 3.8) is 0 Å². The van der Waals surface area contributed by atoms with Crippen LogP contribution in [0, 0.1) is 0 Å². The Labute approximate surface area is 197 Å². The lowest BCUT2D eigenvalue weighted by molar-refractivity contribution is 0.340. The number of fused-ring (bicyclic) bond motifs is 3. The number of ether oxygens (including phenoxy) is 1. The minimum absolute atomic E-state index is 0.117. The smallest absolute Gasteiger partial charge is 0.283 e. The van der Waals surface area contributed by atoms with Crippen LogP contribution in [-0.4, -0.2) is 21.1 Å². The van der Waals surface area contributed by atoms with Crippen molar-refractivity contribution in [3.05, 3.63) is 93.2 Å². The predicted octanol–water partition coefficient (Wildman–Crippen LogP) is 6.32. The number of H-pyrrole nitrogens is 1. The Balaban J connectivity index is 1.65. The first-order valence-corrected chi connectivity index (χ1v) is 12.1. The molecule has 0 atom stereocenters. The second-order valence-corrected chi connectivity index (χ2v) is 9.13. The van der Waals surface area contributed by atoms with E-state index < -0.39 is 0 Å². The Bertz CT molecular complexity index is 1460. The van der Waals surface area contributed by atoms with Crippen LogP contribution in [0.15, 0.2) is 87.2 Å². The van der Waals surface area contributed by atoms with Crippen LogP contribution in [0.4, 0.5) is 0 Å². The summed E-state index contributed by atoms with van der Waals surface area (Å²) in [5.41, 5.74) is 3.91. The maximum absolute atomic E-state index is 13.6. The van der Waals surface area contributed by atoms with Crippen molar-refractivity contribution in [2.75, 3.05) is 6.61 Å². The van der Waals surface area contributed by atoms with Crippen LogP contribution >= 0.6 is 27.7 Å². The fraction of sp³-hybridized carbons (Fsp3) is 0.120. The molecule has 0 amide bonds. The van der Waals surface area contributed by atoms with E-state index in [9.17, 15) is 4.79 Å². The molecule has 3 aromatic carbocycles. The molecular formula is C25H20BrN3O2S. The van der Waals surface area contributed by atoms with Crippen molar-refractivity contribution in [3.8, 4) is 11.4 Å². The summed E-state index contributed by atoms with van der Waals surface area (Å²) in [6.45, 7) is 2.54. The summed E-state index contributed by atoms with van der Waals surface area (Å²) < 4.78 is 8.28. The maximum atomic E-state index is 13.6. The van der Waals surface area contributed by atoms with E-state index in [-0.39, 0.29) is 5.56 Å². The molecule has 5 nitrogen and oxygen atoms in total. The van der Waals surface area contributed by atoms with Crippen molar-refractivity contribution in [1.29, 1.82) is 0 Å². The van der Waals surface area contributed by atoms with E-state index in [0.29, 0.717) is 28.5 Å². The molecule has 5 rings (SSSR count). The van der Waals surface area contributed by atoms with Crippen LogP contribution in [0.2, 0.25) is 0 Å². The standard InChI is InChI=1S/C25H20BrN3O2S/c1-2-31-19-13-11-18(12-14-19)29-24(30)23-22(20-5-3-4-6-21(20)27-23)28-25(29)32-15-16-7-9-17(26)10-8-16/h3-14,27H,2,15H2,1H3. The van der Waals surface area contributed by atoms with Crippen molar-refractivity contribution in [2.45, 2.75) is 17.8 Å². The molecule has 0 radical (unpaired) electrons. The van der Waals surface area contributed by atoms with Crippen molar-refractivity contribution in [2.24, 2.45) is 0 Å². The number of para-hydroxylation sites is 1. The third-order valence-electron chi connectivity index (χ3n) is 5.18. The third-order valence-corrected chi connectivity index (χ3v) is 6.72. The molecule has 160 valence electrons. The molecule has 0 aliphatic heterocycles. The summed E-state index contributed by atoms with van der Waals surface area (Å²) in [6.07, 6.45) is 0. The van der Waals surface area contributed by atoms with Crippen LogP contribution in [-0.2, 0) is 5.75 Å². The number of aromatic amines is 1. The largest absolute Gasteiger partial charge is 0.494 e. The summed E-state index contributed by atoms with van der Waals surface area (Å²) in [5.74, 6) is 1.47. The summed E-state index contributed by atoms with van der Waals surface area (Å²) >= 11 is 5.03. The molecule has 0 bridgehead atoms. The minimum Gasteiger partial charge on any atom is -0.494 e. The molecule has 0 fully saturated rings. The van der Waals surface area contributed by atoms with Gasteiger partial charge in [-0.15, -0.1) is 0 Å². The van der Waals surface area contributed by atoms with Gasteiger partial charge in [-0.2, -0.15) is 0 Å². The lowest BCUT2D eigenvalue weighted by Gasteiger charge is -2.13. The quantitative estimate of drug-likeness (QED) is 0.216. The van der Waals surface area contributed by atoms with Crippen LogP contribution in [0.3, 0.4) is 0 Å². The fourth-order valence-electron chi connectivity index (χ4n) is 3.65. The zero-order chi connectivity index (χ0) is 22.1. The molecule has 0 aliphatic carbocycles. The second kappa shape index (κ2) is 8.84. The van der Waals surface area contributed by atoms with Gasteiger partial charge in [0.15, 0.2) is 5.16 Å². The predicted molar refractivity (Wildman–Crippen MR) is 134 cm³/mol. The van der Waals surface area contributed by atoms with E-state index in [1.165, 1.54) is 0 Å². The molecule has 0 aliphatic rings. The molecule has 0 unspecified atom stereocenters. The van der Waals surface area contributed by atoms with Gasteiger partial charge in [0, 0.05) is 21.1 Å². The average Bonchev–Trinajstić information content (AvgIpc) is 3.19. The first-order chi connectivity index (χ1) is 15.6. The van der Waals surface area contributed by atoms with Crippen LogP contribution in [0.1, 0.15) is 12.5 Å². The molecule has 7 heteroatoms. The highest BCUT2D eigenvalue weighted by atomic mass is 79.9. The highest BCUT2D eigenvalue weighted by Gasteiger charge is 2.17. The van der Waals surface area contributed by atoms with E-state index in [0.717, 1.165) is 32.4 Å². The van der Waals surface area contributed by atoms with Gasteiger partial charge in [0.05, 0.1) is 12.3 Å². The van der Waals surface area contributed by atoms with Gasteiger partial charge in [-0.25, -0.2) is 4.98 Å². The second-order valence-electron chi connectivity index (χ2n) is 7.27.